The summed E-state index contributed by atoms with van der Waals surface area (Å²) in [6.07, 6.45) is 4.31. The second kappa shape index (κ2) is 7.98. The number of carbonyl (C=O) groups is 2. The summed E-state index contributed by atoms with van der Waals surface area (Å²) in [5.74, 6) is -0.979. The van der Waals surface area contributed by atoms with Gasteiger partial charge in [-0.25, -0.2) is 9.59 Å². The molecule has 1 spiro atoms. The average Bonchev–Trinajstić information content (AvgIpc) is 3.24. The first-order chi connectivity index (χ1) is 15.4. The third-order valence-electron chi connectivity index (χ3n) is 6.75. The predicted molar refractivity (Wildman–Crippen MR) is 122 cm³/mol. The zero-order chi connectivity index (χ0) is 22.3. The number of carbonyl (C=O) groups excluding carboxylic acids is 1. The third-order valence-corrected chi connectivity index (χ3v) is 6.75. The molecule has 0 aliphatic carbocycles. The molecule has 1 N–H and O–H groups in total. The highest BCUT2D eigenvalue weighted by Crippen LogP contribution is 2.36. The van der Waals surface area contributed by atoms with Gasteiger partial charge in [0.25, 0.3) is 0 Å². The van der Waals surface area contributed by atoms with Gasteiger partial charge in [-0.15, -0.1) is 0 Å². The van der Waals surface area contributed by atoms with E-state index in [9.17, 15) is 9.59 Å². The monoisotopic (exact) mass is 433 g/mol. The van der Waals surface area contributed by atoms with Crippen molar-refractivity contribution in [3.05, 3.63) is 65.9 Å². The van der Waals surface area contributed by atoms with Gasteiger partial charge in [-0.05, 0) is 66.7 Å². The number of fused-ring (bicyclic) bond motifs is 1. The summed E-state index contributed by atoms with van der Waals surface area (Å²) in [7, 11) is 2.07. The van der Waals surface area contributed by atoms with E-state index in [2.05, 4.69) is 47.0 Å². The number of carboxylic acids is 1. The summed E-state index contributed by atoms with van der Waals surface area (Å²) >= 11 is 0. The lowest BCUT2D eigenvalue weighted by Gasteiger charge is -2.25. The van der Waals surface area contributed by atoms with Crippen LogP contribution in [0.25, 0.3) is 10.9 Å². The number of aromatic nitrogens is 1. The van der Waals surface area contributed by atoms with Crippen LogP contribution in [0.4, 0.5) is 10.5 Å². The maximum absolute atomic E-state index is 12.7. The Bertz CT molecular complexity index is 1170. The molecule has 2 fully saturated rings. The number of carboxylic acid groups (broad SMARTS) is 1. The van der Waals surface area contributed by atoms with Crippen molar-refractivity contribution in [3.8, 4) is 0 Å². The van der Waals surface area contributed by atoms with Crippen LogP contribution in [0, 0.1) is 0 Å². The van der Waals surface area contributed by atoms with Gasteiger partial charge >= 0.3 is 12.1 Å². The van der Waals surface area contributed by atoms with Gasteiger partial charge in [0.1, 0.15) is 5.60 Å². The molecular weight excluding hydrogens is 406 g/mol. The minimum Gasteiger partial charge on any atom is -0.478 e. The molecule has 1 amide bonds. The zero-order valence-electron chi connectivity index (χ0n) is 18.2. The quantitative estimate of drug-likeness (QED) is 0.666. The van der Waals surface area contributed by atoms with Crippen molar-refractivity contribution in [2.45, 2.75) is 31.4 Å². The maximum Gasteiger partial charge on any atom is 0.415 e. The van der Waals surface area contributed by atoms with Gasteiger partial charge in [-0.1, -0.05) is 12.1 Å². The van der Waals surface area contributed by atoms with Crippen molar-refractivity contribution in [2.75, 3.05) is 24.5 Å². The molecule has 1 atom stereocenters. The standard InChI is InChI=1S/C25H27N3O4/c1-26-13-9-19-4-3-18(15-22(19)26)16-27-12-2-10-25(11-14-27)17-28(24(31)32-25)21-7-5-20(6-8-21)23(29)30/h3-9,13,15H,2,10-12,14,16-17H2,1H3,(H,29,30). The first-order valence-electron chi connectivity index (χ1n) is 11.0. The molecule has 2 aliphatic heterocycles. The van der Waals surface area contributed by atoms with Crippen LogP contribution < -0.4 is 4.90 Å². The highest BCUT2D eigenvalue weighted by atomic mass is 16.6. The van der Waals surface area contributed by atoms with Gasteiger partial charge in [-0.2, -0.15) is 0 Å². The molecule has 0 radical (unpaired) electrons. The van der Waals surface area contributed by atoms with Crippen LogP contribution in [-0.4, -0.2) is 51.9 Å². The molecule has 0 bridgehead atoms. The molecule has 7 nitrogen and oxygen atoms in total. The van der Waals surface area contributed by atoms with Gasteiger partial charge in [-0.3, -0.25) is 9.80 Å². The van der Waals surface area contributed by atoms with Crippen molar-refractivity contribution in [2.24, 2.45) is 7.05 Å². The summed E-state index contributed by atoms with van der Waals surface area (Å²) in [4.78, 5) is 27.8. The van der Waals surface area contributed by atoms with Gasteiger partial charge in [0, 0.05) is 44.0 Å². The Balaban J connectivity index is 1.26. The van der Waals surface area contributed by atoms with Gasteiger partial charge in [0.15, 0.2) is 0 Å². The first kappa shape index (κ1) is 20.6. The van der Waals surface area contributed by atoms with Crippen LogP contribution in [0.3, 0.4) is 0 Å². The second-order valence-corrected chi connectivity index (χ2v) is 8.94. The SMILES string of the molecule is Cn1ccc2ccc(CN3CCCC4(CC3)CN(c3ccc(C(=O)O)cc3)C(=O)O4)cc21. The Hall–Kier alpha value is -3.32. The van der Waals surface area contributed by atoms with Crippen molar-refractivity contribution in [1.82, 2.24) is 9.47 Å². The lowest BCUT2D eigenvalue weighted by atomic mass is 9.95. The summed E-state index contributed by atoms with van der Waals surface area (Å²) in [5.41, 5.74) is 2.92. The molecule has 0 saturated carbocycles. The fourth-order valence-electron chi connectivity index (χ4n) is 4.91. The smallest absolute Gasteiger partial charge is 0.415 e. The fraction of sp³-hybridized carbons (Fsp3) is 0.360. The molecule has 3 heterocycles. The topological polar surface area (TPSA) is 75.0 Å². The van der Waals surface area contributed by atoms with Gasteiger partial charge in [0.05, 0.1) is 12.1 Å². The van der Waals surface area contributed by atoms with Crippen molar-refractivity contribution >= 4 is 28.7 Å². The van der Waals surface area contributed by atoms with Crippen molar-refractivity contribution < 1.29 is 19.4 Å². The number of nitrogens with zero attached hydrogens (tertiary/aromatic N) is 3. The molecule has 3 aromatic rings. The summed E-state index contributed by atoms with van der Waals surface area (Å²) in [5, 5.41) is 10.3. The molecule has 1 unspecified atom stereocenters. The highest BCUT2D eigenvalue weighted by molar-refractivity contribution is 5.92. The highest BCUT2D eigenvalue weighted by Gasteiger charge is 2.46. The Kier molecular flexibility index (Phi) is 5.13. The van der Waals surface area contributed by atoms with Crippen LogP contribution in [0.5, 0.6) is 0 Å². The number of aryl methyl sites for hydroxylation is 1. The third kappa shape index (κ3) is 3.84. The fourth-order valence-corrected chi connectivity index (χ4v) is 4.91. The Morgan fingerprint density at radius 1 is 1.09 bits per heavy atom. The summed E-state index contributed by atoms with van der Waals surface area (Å²) in [6.45, 7) is 3.22. The largest absolute Gasteiger partial charge is 0.478 e. The molecular formula is C25H27N3O4. The van der Waals surface area contributed by atoms with E-state index in [1.54, 1.807) is 17.0 Å². The van der Waals surface area contributed by atoms with Crippen molar-refractivity contribution in [3.63, 3.8) is 0 Å². The molecule has 2 aliphatic rings. The molecule has 7 heteroatoms. The number of hydrogen-bond donors (Lipinski definition) is 1. The molecule has 2 aromatic carbocycles. The zero-order valence-corrected chi connectivity index (χ0v) is 18.2. The van der Waals surface area contributed by atoms with Crippen LogP contribution in [0.2, 0.25) is 0 Å². The second-order valence-electron chi connectivity index (χ2n) is 8.94. The Labute approximate surface area is 186 Å². The number of ether oxygens (including phenoxy) is 1. The van der Waals surface area contributed by atoms with E-state index in [1.807, 2.05) is 0 Å². The molecule has 2 saturated heterocycles. The summed E-state index contributed by atoms with van der Waals surface area (Å²) in [6, 6.07) is 15.2. The molecule has 1 aromatic heterocycles. The van der Waals surface area contributed by atoms with E-state index in [0.29, 0.717) is 12.2 Å². The van der Waals surface area contributed by atoms with Crippen LogP contribution in [0.15, 0.2) is 54.7 Å². The van der Waals surface area contributed by atoms with E-state index >= 15 is 0 Å². The van der Waals surface area contributed by atoms with E-state index in [-0.39, 0.29) is 11.7 Å². The number of aromatic carboxylic acids is 1. The van der Waals surface area contributed by atoms with Crippen LogP contribution in [0.1, 0.15) is 35.2 Å². The van der Waals surface area contributed by atoms with E-state index in [0.717, 1.165) is 38.9 Å². The Morgan fingerprint density at radius 2 is 1.91 bits per heavy atom. The van der Waals surface area contributed by atoms with Crippen LogP contribution in [-0.2, 0) is 18.3 Å². The number of amides is 1. The average molecular weight is 434 g/mol. The number of rotatable bonds is 4. The van der Waals surface area contributed by atoms with E-state index in [4.69, 9.17) is 9.84 Å². The van der Waals surface area contributed by atoms with Gasteiger partial charge < -0.3 is 14.4 Å². The first-order valence-corrected chi connectivity index (χ1v) is 11.0. The summed E-state index contributed by atoms with van der Waals surface area (Å²) < 4.78 is 8.06. The lowest BCUT2D eigenvalue weighted by molar-refractivity contribution is 0.0443. The molecule has 166 valence electrons. The van der Waals surface area contributed by atoms with E-state index < -0.39 is 11.6 Å². The predicted octanol–water partition coefficient (Wildman–Crippen LogP) is 4.26. The number of hydrogen-bond acceptors (Lipinski definition) is 4. The van der Waals surface area contributed by atoms with Gasteiger partial charge in [0.2, 0.25) is 0 Å². The normalized spacial score (nSPS) is 21.8. The lowest BCUT2D eigenvalue weighted by Crippen LogP contribution is -2.36. The number of benzene rings is 2. The van der Waals surface area contributed by atoms with Crippen molar-refractivity contribution in [1.29, 1.82) is 0 Å². The molecule has 5 rings (SSSR count). The Morgan fingerprint density at radius 3 is 2.69 bits per heavy atom. The van der Waals surface area contributed by atoms with E-state index in [1.165, 1.54) is 28.6 Å². The maximum atomic E-state index is 12.7. The minimum absolute atomic E-state index is 0.203. The van der Waals surface area contributed by atoms with Crippen LogP contribution >= 0.6 is 0 Å². The number of likely N-dealkylation sites (tertiary alicyclic amines) is 1. The molecule has 32 heavy (non-hydrogen) atoms. The number of anilines is 1. The minimum atomic E-state index is -0.979.